The minimum absolute atomic E-state index is 0.0495. The standard InChI is InChI=1S/C23H33N3O3/c1-13(2)14-6-8-18-16(10-14)23(12-28-21(24)26-23)17-11-15(7-9-19(17)29-18)25-20(27)22(3,4)5/h6,8,10,13,15,17,19H,7,9,11-12H2,1-5H3,(H2,24,26)(H,25,27)/t15-,17+,19+,23?/m1/s1. The van der Waals surface area contributed by atoms with Gasteiger partial charge in [-0.3, -0.25) is 4.79 Å². The van der Waals surface area contributed by atoms with E-state index in [1.54, 1.807) is 0 Å². The van der Waals surface area contributed by atoms with Crippen molar-refractivity contribution in [3.8, 4) is 5.75 Å². The molecule has 1 amide bonds. The van der Waals surface area contributed by atoms with E-state index in [9.17, 15) is 4.79 Å². The van der Waals surface area contributed by atoms with E-state index in [1.807, 2.05) is 20.8 Å². The molecule has 1 aromatic carbocycles. The molecule has 4 atom stereocenters. The highest BCUT2D eigenvalue weighted by atomic mass is 16.5. The molecule has 3 aliphatic rings. The number of carbonyl (C=O) groups is 1. The monoisotopic (exact) mass is 399 g/mol. The number of amides is 1. The van der Waals surface area contributed by atoms with Crippen LogP contribution in [0.15, 0.2) is 23.2 Å². The first-order valence-electron chi connectivity index (χ1n) is 10.7. The van der Waals surface area contributed by atoms with Crippen molar-refractivity contribution in [2.75, 3.05) is 6.61 Å². The van der Waals surface area contributed by atoms with E-state index >= 15 is 0 Å². The summed E-state index contributed by atoms with van der Waals surface area (Å²) in [7, 11) is 0. The molecule has 2 heterocycles. The van der Waals surface area contributed by atoms with E-state index in [2.05, 4.69) is 37.4 Å². The van der Waals surface area contributed by atoms with Gasteiger partial charge in [0.1, 0.15) is 24.0 Å². The fourth-order valence-electron chi connectivity index (χ4n) is 4.80. The first-order chi connectivity index (χ1) is 13.6. The molecule has 6 nitrogen and oxygen atoms in total. The first-order valence-corrected chi connectivity index (χ1v) is 10.7. The topological polar surface area (TPSA) is 85.9 Å². The molecule has 158 valence electrons. The lowest BCUT2D eigenvalue weighted by atomic mass is 9.66. The van der Waals surface area contributed by atoms with E-state index in [4.69, 9.17) is 20.2 Å². The smallest absolute Gasteiger partial charge is 0.283 e. The first kappa shape index (κ1) is 20.0. The van der Waals surface area contributed by atoms with Gasteiger partial charge in [0.2, 0.25) is 5.91 Å². The number of aliphatic imine (C=N–C) groups is 1. The van der Waals surface area contributed by atoms with Gasteiger partial charge in [-0.05, 0) is 42.9 Å². The van der Waals surface area contributed by atoms with Gasteiger partial charge in [-0.1, -0.05) is 40.7 Å². The largest absolute Gasteiger partial charge is 0.490 e. The number of nitrogens with two attached hydrogens (primary N) is 1. The average Bonchev–Trinajstić information content (AvgIpc) is 3.04. The second kappa shape index (κ2) is 6.92. The number of hydrogen-bond donors (Lipinski definition) is 2. The Hall–Kier alpha value is -2.24. The number of ether oxygens (including phenoxy) is 2. The quantitative estimate of drug-likeness (QED) is 0.798. The molecule has 4 rings (SSSR count). The third-order valence-electron chi connectivity index (χ3n) is 6.58. The second-order valence-electron chi connectivity index (χ2n) is 10.1. The lowest BCUT2D eigenvalue weighted by Gasteiger charge is -2.48. The molecule has 0 aromatic heterocycles. The highest BCUT2D eigenvalue weighted by Crippen LogP contribution is 2.52. The Morgan fingerprint density at radius 1 is 1.31 bits per heavy atom. The average molecular weight is 400 g/mol. The predicted molar refractivity (Wildman–Crippen MR) is 113 cm³/mol. The molecule has 1 unspecified atom stereocenters. The summed E-state index contributed by atoms with van der Waals surface area (Å²) < 4.78 is 12.1. The molecule has 1 saturated carbocycles. The fraction of sp³-hybridized carbons (Fsp3) is 0.652. The van der Waals surface area contributed by atoms with Crippen molar-refractivity contribution in [3.63, 3.8) is 0 Å². The molecule has 3 N–H and O–H groups in total. The zero-order chi connectivity index (χ0) is 21.0. The molecule has 1 aliphatic carbocycles. The molecule has 1 fully saturated rings. The molecular formula is C23H33N3O3. The van der Waals surface area contributed by atoms with Crippen LogP contribution in [0.2, 0.25) is 0 Å². The maximum atomic E-state index is 12.6. The summed E-state index contributed by atoms with van der Waals surface area (Å²) >= 11 is 0. The molecule has 0 saturated heterocycles. The molecule has 29 heavy (non-hydrogen) atoms. The maximum absolute atomic E-state index is 12.6. The number of benzene rings is 1. The van der Waals surface area contributed by atoms with Crippen molar-refractivity contribution in [1.29, 1.82) is 0 Å². The normalized spacial score (nSPS) is 30.8. The van der Waals surface area contributed by atoms with Crippen LogP contribution in [0.3, 0.4) is 0 Å². The van der Waals surface area contributed by atoms with Crippen LogP contribution in [0.25, 0.3) is 0 Å². The number of amidine groups is 1. The third-order valence-corrected chi connectivity index (χ3v) is 6.58. The Morgan fingerprint density at radius 2 is 2.07 bits per heavy atom. The van der Waals surface area contributed by atoms with Gasteiger partial charge >= 0.3 is 0 Å². The van der Waals surface area contributed by atoms with Crippen molar-refractivity contribution in [2.45, 2.75) is 77.5 Å². The summed E-state index contributed by atoms with van der Waals surface area (Å²) in [6.45, 7) is 10.6. The molecular weight excluding hydrogens is 366 g/mol. The Kier molecular flexibility index (Phi) is 4.79. The summed E-state index contributed by atoms with van der Waals surface area (Å²) in [5.41, 5.74) is 7.37. The van der Waals surface area contributed by atoms with Crippen LogP contribution in [0.1, 0.15) is 70.9 Å². The fourth-order valence-corrected chi connectivity index (χ4v) is 4.80. The van der Waals surface area contributed by atoms with Crippen LogP contribution in [0, 0.1) is 11.3 Å². The predicted octanol–water partition coefficient (Wildman–Crippen LogP) is 3.44. The molecule has 6 heteroatoms. The summed E-state index contributed by atoms with van der Waals surface area (Å²) in [5.74, 6) is 1.48. The highest BCUT2D eigenvalue weighted by molar-refractivity contribution is 5.81. The van der Waals surface area contributed by atoms with E-state index in [0.29, 0.717) is 12.5 Å². The van der Waals surface area contributed by atoms with Gasteiger partial charge in [-0.15, -0.1) is 0 Å². The highest BCUT2D eigenvalue weighted by Gasteiger charge is 2.55. The Morgan fingerprint density at radius 3 is 2.69 bits per heavy atom. The van der Waals surface area contributed by atoms with Gasteiger partial charge in [0.05, 0.1) is 0 Å². The number of hydrogen-bond acceptors (Lipinski definition) is 5. The Labute approximate surface area is 173 Å². The minimum atomic E-state index is -0.543. The minimum Gasteiger partial charge on any atom is -0.490 e. The van der Waals surface area contributed by atoms with Crippen molar-refractivity contribution >= 4 is 11.9 Å². The SMILES string of the molecule is CC(C)c1ccc2c(c1)C1(COC(N)=N1)[C@H]1C[C@H](NC(=O)C(C)(C)C)CC[C@@H]1O2. The van der Waals surface area contributed by atoms with Gasteiger partial charge in [0.25, 0.3) is 6.02 Å². The molecule has 1 aromatic rings. The lowest BCUT2D eigenvalue weighted by Crippen LogP contribution is -2.55. The van der Waals surface area contributed by atoms with E-state index in [0.717, 1.165) is 30.6 Å². The summed E-state index contributed by atoms with van der Waals surface area (Å²) in [5, 5.41) is 3.25. The number of rotatable bonds is 2. The number of fused-ring (bicyclic) bond motifs is 4. The Bertz CT molecular complexity index is 842. The molecule has 2 aliphatic heterocycles. The van der Waals surface area contributed by atoms with Gasteiger partial charge < -0.3 is 20.5 Å². The van der Waals surface area contributed by atoms with E-state index < -0.39 is 11.0 Å². The summed E-state index contributed by atoms with van der Waals surface area (Å²) in [4.78, 5) is 17.4. The molecule has 0 radical (unpaired) electrons. The van der Waals surface area contributed by atoms with Gasteiger partial charge in [0.15, 0.2) is 0 Å². The number of carbonyl (C=O) groups excluding carboxylic acids is 1. The Balaban J connectivity index is 1.70. The van der Waals surface area contributed by atoms with Crippen molar-refractivity contribution < 1.29 is 14.3 Å². The lowest BCUT2D eigenvalue weighted by molar-refractivity contribution is -0.130. The van der Waals surface area contributed by atoms with Crippen LogP contribution >= 0.6 is 0 Å². The van der Waals surface area contributed by atoms with Gasteiger partial charge in [-0.2, -0.15) is 0 Å². The van der Waals surface area contributed by atoms with Crippen LogP contribution in [0.5, 0.6) is 5.75 Å². The number of nitrogens with one attached hydrogen (secondary N) is 1. The molecule has 0 bridgehead atoms. The van der Waals surface area contributed by atoms with Gasteiger partial charge in [0, 0.05) is 22.9 Å². The van der Waals surface area contributed by atoms with Crippen molar-refractivity contribution in [3.05, 3.63) is 29.3 Å². The molecule has 1 spiro atoms. The van der Waals surface area contributed by atoms with Crippen LogP contribution in [-0.2, 0) is 15.1 Å². The maximum Gasteiger partial charge on any atom is 0.283 e. The second-order valence-corrected chi connectivity index (χ2v) is 10.1. The number of nitrogens with zero attached hydrogens (tertiary/aromatic N) is 1. The summed E-state index contributed by atoms with van der Waals surface area (Å²) in [6.07, 6.45) is 2.63. The van der Waals surface area contributed by atoms with Crippen LogP contribution < -0.4 is 15.8 Å². The van der Waals surface area contributed by atoms with E-state index in [1.165, 1.54) is 5.56 Å². The van der Waals surface area contributed by atoms with Gasteiger partial charge in [-0.25, -0.2) is 4.99 Å². The zero-order valence-corrected chi connectivity index (χ0v) is 18.1. The van der Waals surface area contributed by atoms with Crippen LogP contribution in [0.4, 0.5) is 0 Å². The zero-order valence-electron chi connectivity index (χ0n) is 18.1. The van der Waals surface area contributed by atoms with E-state index in [-0.39, 0.29) is 30.0 Å². The van der Waals surface area contributed by atoms with Crippen LogP contribution in [-0.4, -0.2) is 30.7 Å². The third kappa shape index (κ3) is 3.47. The summed E-state index contributed by atoms with van der Waals surface area (Å²) in [6, 6.07) is 6.76. The van der Waals surface area contributed by atoms with Crippen molar-refractivity contribution in [1.82, 2.24) is 5.32 Å². The van der Waals surface area contributed by atoms with Crippen molar-refractivity contribution in [2.24, 2.45) is 22.1 Å².